The minimum Gasteiger partial charge on any atom is -0.326 e. The van der Waals surface area contributed by atoms with E-state index in [-0.39, 0.29) is 6.04 Å². The molecule has 0 unspecified atom stereocenters. The fourth-order valence-corrected chi connectivity index (χ4v) is 4.73. The Morgan fingerprint density at radius 3 is 2.53 bits per heavy atom. The molecule has 0 radical (unpaired) electrons. The van der Waals surface area contributed by atoms with Gasteiger partial charge in [-0.3, -0.25) is 0 Å². The zero-order chi connectivity index (χ0) is 14.5. The molecule has 1 aromatic heterocycles. The Balaban J connectivity index is 2.92. The molecule has 1 heterocycles. The summed E-state index contributed by atoms with van der Waals surface area (Å²) in [5.74, 6) is 0. The number of thiophene rings is 1. The standard InChI is InChI=1S/C13H24N2O2S2/c1-4-5-6-7-15(11(2)3)19(16,17)13-8-12(9-14)18-10-13/h8,10-11H,4-7,9,14H2,1-3H3. The van der Waals surface area contributed by atoms with Crippen molar-refractivity contribution in [3.05, 3.63) is 16.3 Å². The summed E-state index contributed by atoms with van der Waals surface area (Å²) in [6.07, 6.45) is 3.04. The van der Waals surface area contributed by atoms with Gasteiger partial charge in [-0.15, -0.1) is 11.3 Å². The van der Waals surface area contributed by atoms with Gasteiger partial charge in [-0.05, 0) is 26.3 Å². The molecule has 110 valence electrons. The molecule has 0 aromatic carbocycles. The van der Waals surface area contributed by atoms with Gasteiger partial charge in [-0.1, -0.05) is 19.8 Å². The number of unbranched alkanes of at least 4 members (excludes halogenated alkanes) is 2. The van der Waals surface area contributed by atoms with Crippen LogP contribution in [0.5, 0.6) is 0 Å². The van der Waals surface area contributed by atoms with Crippen LogP contribution in [0.15, 0.2) is 16.3 Å². The van der Waals surface area contributed by atoms with Crippen molar-refractivity contribution in [1.29, 1.82) is 0 Å². The van der Waals surface area contributed by atoms with Crippen molar-refractivity contribution in [2.75, 3.05) is 6.54 Å². The highest BCUT2D eigenvalue weighted by Crippen LogP contribution is 2.24. The van der Waals surface area contributed by atoms with E-state index in [4.69, 9.17) is 5.73 Å². The van der Waals surface area contributed by atoms with Crippen LogP contribution >= 0.6 is 11.3 Å². The summed E-state index contributed by atoms with van der Waals surface area (Å²) < 4.78 is 26.8. The lowest BCUT2D eigenvalue weighted by Gasteiger charge is -2.25. The number of sulfonamides is 1. The smallest absolute Gasteiger partial charge is 0.244 e. The van der Waals surface area contributed by atoms with E-state index >= 15 is 0 Å². The lowest BCUT2D eigenvalue weighted by atomic mass is 10.2. The van der Waals surface area contributed by atoms with Crippen LogP contribution in [0.3, 0.4) is 0 Å². The minimum absolute atomic E-state index is 0.0249. The molecule has 2 N–H and O–H groups in total. The minimum atomic E-state index is -3.38. The Hall–Kier alpha value is -0.430. The Morgan fingerprint density at radius 1 is 1.37 bits per heavy atom. The molecule has 0 amide bonds. The molecule has 0 aliphatic carbocycles. The molecular weight excluding hydrogens is 280 g/mol. The normalized spacial score (nSPS) is 12.5. The average Bonchev–Trinajstić information content (AvgIpc) is 2.83. The lowest BCUT2D eigenvalue weighted by molar-refractivity contribution is 0.346. The molecule has 1 aromatic rings. The molecule has 1 rings (SSSR count). The van der Waals surface area contributed by atoms with Crippen molar-refractivity contribution in [1.82, 2.24) is 4.31 Å². The summed E-state index contributed by atoms with van der Waals surface area (Å²) >= 11 is 1.40. The largest absolute Gasteiger partial charge is 0.326 e. The maximum atomic E-state index is 12.6. The first-order chi connectivity index (χ1) is 8.93. The predicted octanol–water partition coefficient (Wildman–Crippen LogP) is 2.80. The maximum absolute atomic E-state index is 12.6. The van der Waals surface area contributed by atoms with Crippen LogP contribution in [0.2, 0.25) is 0 Å². The van der Waals surface area contributed by atoms with Gasteiger partial charge < -0.3 is 5.73 Å². The van der Waals surface area contributed by atoms with Gasteiger partial charge >= 0.3 is 0 Å². The van der Waals surface area contributed by atoms with Crippen LogP contribution in [0.1, 0.15) is 44.9 Å². The van der Waals surface area contributed by atoms with Crippen LogP contribution in [-0.4, -0.2) is 25.3 Å². The highest BCUT2D eigenvalue weighted by Gasteiger charge is 2.27. The third kappa shape index (κ3) is 4.27. The second-order valence-corrected chi connectivity index (χ2v) is 7.76. The summed E-state index contributed by atoms with van der Waals surface area (Å²) in [5.41, 5.74) is 5.54. The summed E-state index contributed by atoms with van der Waals surface area (Å²) in [7, 11) is -3.38. The molecular formula is C13H24N2O2S2. The SMILES string of the molecule is CCCCCN(C(C)C)S(=O)(=O)c1csc(CN)c1. The molecule has 6 heteroatoms. The zero-order valence-electron chi connectivity index (χ0n) is 11.9. The molecule has 0 saturated carbocycles. The average molecular weight is 304 g/mol. The molecule has 0 saturated heterocycles. The third-order valence-corrected chi connectivity index (χ3v) is 6.16. The van der Waals surface area contributed by atoms with Gasteiger partial charge in [0.05, 0.1) is 4.90 Å². The Morgan fingerprint density at radius 2 is 2.05 bits per heavy atom. The highest BCUT2D eigenvalue weighted by atomic mass is 32.2. The number of hydrogen-bond donors (Lipinski definition) is 1. The Kier molecular flexibility index (Phi) is 6.46. The van der Waals surface area contributed by atoms with Crippen molar-refractivity contribution in [3.8, 4) is 0 Å². The van der Waals surface area contributed by atoms with E-state index in [1.54, 1.807) is 15.8 Å². The summed E-state index contributed by atoms with van der Waals surface area (Å²) in [6, 6.07) is 1.66. The topological polar surface area (TPSA) is 63.4 Å². The molecule has 0 atom stereocenters. The van der Waals surface area contributed by atoms with E-state index in [0.717, 1.165) is 24.1 Å². The van der Waals surface area contributed by atoms with Gasteiger partial charge in [0.15, 0.2) is 0 Å². The van der Waals surface area contributed by atoms with Crippen LogP contribution in [0.4, 0.5) is 0 Å². The molecule has 4 nitrogen and oxygen atoms in total. The Labute approximate surface area is 120 Å². The van der Waals surface area contributed by atoms with Crippen LogP contribution in [-0.2, 0) is 16.6 Å². The van der Waals surface area contributed by atoms with Gasteiger partial charge in [0, 0.05) is 29.4 Å². The van der Waals surface area contributed by atoms with E-state index in [1.807, 2.05) is 13.8 Å². The molecule has 0 aliphatic heterocycles. The first-order valence-corrected chi connectivity index (χ1v) is 9.04. The van der Waals surface area contributed by atoms with Crippen molar-refractivity contribution in [2.45, 2.75) is 57.5 Å². The van der Waals surface area contributed by atoms with Gasteiger partial charge in [0.2, 0.25) is 10.0 Å². The third-order valence-electron chi connectivity index (χ3n) is 3.00. The molecule has 0 aliphatic rings. The first kappa shape index (κ1) is 16.6. The van der Waals surface area contributed by atoms with Gasteiger partial charge in [0.1, 0.15) is 0 Å². The predicted molar refractivity (Wildman–Crippen MR) is 80.8 cm³/mol. The quantitative estimate of drug-likeness (QED) is 0.751. The second-order valence-electron chi connectivity index (χ2n) is 4.87. The molecule has 0 fully saturated rings. The van der Waals surface area contributed by atoms with Crippen LogP contribution in [0, 0.1) is 0 Å². The lowest BCUT2D eigenvalue weighted by Crippen LogP contribution is -2.37. The number of nitrogens with zero attached hydrogens (tertiary/aromatic N) is 1. The first-order valence-electron chi connectivity index (χ1n) is 6.72. The number of rotatable bonds is 8. The molecule has 0 bridgehead atoms. The maximum Gasteiger partial charge on any atom is 0.244 e. The molecule has 0 spiro atoms. The van der Waals surface area contributed by atoms with Crippen molar-refractivity contribution < 1.29 is 8.42 Å². The van der Waals surface area contributed by atoms with Crippen LogP contribution in [0.25, 0.3) is 0 Å². The fourth-order valence-electron chi connectivity index (χ4n) is 1.91. The van der Waals surface area contributed by atoms with Crippen molar-refractivity contribution in [2.24, 2.45) is 5.73 Å². The molecule has 19 heavy (non-hydrogen) atoms. The summed E-state index contributed by atoms with van der Waals surface area (Å²) in [4.78, 5) is 1.28. The van der Waals surface area contributed by atoms with E-state index < -0.39 is 10.0 Å². The second kappa shape index (κ2) is 7.38. The zero-order valence-corrected chi connectivity index (χ0v) is 13.6. The van der Waals surface area contributed by atoms with Gasteiger partial charge in [0.25, 0.3) is 0 Å². The number of hydrogen-bond acceptors (Lipinski definition) is 4. The highest BCUT2D eigenvalue weighted by molar-refractivity contribution is 7.89. The summed E-state index contributed by atoms with van der Waals surface area (Å²) in [5, 5.41) is 1.69. The van der Waals surface area contributed by atoms with Gasteiger partial charge in [-0.2, -0.15) is 4.31 Å². The Bertz CT molecular complexity index is 481. The fraction of sp³-hybridized carbons (Fsp3) is 0.692. The monoisotopic (exact) mass is 304 g/mol. The van der Waals surface area contributed by atoms with E-state index in [9.17, 15) is 8.42 Å². The van der Waals surface area contributed by atoms with E-state index in [1.165, 1.54) is 11.3 Å². The van der Waals surface area contributed by atoms with Crippen LogP contribution < -0.4 is 5.73 Å². The van der Waals surface area contributed by atoms with E-state index in [0.29, 0.717) is 18.0 Å². The van der Waals surface area contributed by atoms with E-state index in [2.05, 4.69) is 6.92 Å². The van der Waals surface area contributed by atoms with Gasteiger partial charge in [-0.25, -0.2) is 8.42 Å². The van der Waals surface area contributed by atoms with Crippen molar-refractivity contribution >= 4 is 21.4 Å². The van der Waals surface area contributed by atoms with Crippen molar-refractivity contribution in [3.63, 3.8) is 0 Å². The summed E-state index contributed by atoms with van der Waals surface area (Å²) in [6.45, 7) is 6.92. The number of nitrogens with two attached hydrogens (primary N) is 1.